The van der Waals surface area contributed by atoms with Gasteiger partial charge in [-0.1, -0.05) is 24.3 Å². The third-order valence-electron chi connectivity index (χ3n) is 6.54. The molecule has 0 fully saturated rings. The Balaban J connectivity index is 1.50. The number of hydrogen-bond donors (Lipinski definition) is 1. The summed E-state index contributed by atoms with van der Waals surface area (Å²) in [6.07, 6.45) is 8.64. The molecule has 1 N–H and O–H groups in total. The van der Waals surface area contributed by atoms with E-state index in [0.29, 0.717) is 6.54 Å². The van der Waals surface area contributed by atoms with Crippen molar-refractivity contribution in [3.63, 3.8) is 0 Å². The number of unbranched alkanes of at least 4 members (excludes halogenated alkanes) is 1. The number of aryl methyl sites for hydroxylation is 1. The molecule has 0 spiro atoms. The minimum atomic E-state index is -0.487. The van der Waals surface area contributed by atoms with E-state index in [4.69, 9.17) is 14.7 Å². The number of nitrogens with zero attached hydrogens (tertiary/aromatic N) is 4. The number of carbonyl (C=O) groups is 1. The van der Waals surface area contributed by atoms with Gasteiger partial charge in [0, 0.05) is 19.3 Å². The molecule has 1 aliphatic carbocycles. The van der Waals surface area contributed by atoms with Gasteiger partial charge in [0.05, 0.1) is 29.3 Å². The van der Waals surface area contributed by atoms with E-state index in [-0.39, 0.29) is 12.1 Å². The van der Waals surface area contributed by atoms with Gasteiger partial charge >= 0.3 is 6.09 Å². The molecule has 3 aromatic rings. The first-order valence-corrected chi connectivity index (χ1v) is 13.1. The average Bonchev–Trinajstić information content (AvgIpc) is 3.19. The summed E-state index contributed by atoms with van der Waals surface area (Å²) >= 11 is 0. The number of amides is 1. The number of fused-ring (bicyclic) bond motifs is 2. The topological polar surface area (TPSA) is 72.3 Å². The van der Waals surface area contributed by atoms with Crippen LogP contribution in [-0.4, -0.2) is 44.2 Å². The fourth-order valence-electron chi connectivity index (χ4n) is 4.99. The number of carbonyl (C=O) groups excluding carboxylic acids is 1. The summed E-state index contributed by atoms with van der Waals surface area (Å²) in [4.78, 5) is 24.3. The predicted octanol–water partition coefficient (Wildman–Crippen LogP) is 5.80. The van der Waals surface area contributed by atoms with Crippen LogP contribution in [-0.2, 0) is 24.2 Å². The highest BCUT2D eigenvalue weighted by molar-refractivity contribution is 5.76. The number of nitrogens with one attached hydrogen (secondary N) is 1. The highest BCUT2D eigenvalue weighted by Gasteiger charge is 2.28. The second-order valence-electron chi connectivity index (χ2n) is 10.5. The van der Waals surface area contributed by atoms with E-state index >= 15 is 0 Å². The average molecular weight is 490 g/mol. The zero-order chi connectivity index (χ0) is 25.5. The van der Waals surface area contributed by atoms with Crippen LogP contribution in [0.5, 0.6) is 0 Å². The van der Waals surface area contributed by atoms with Crippen molar-refractivity contribution in [2.45, 2.75) is 77.6 Å². The van der Waals surface area contributed by atoms with Crippen molar-refractivity contribution in [3.8, 4) is 0 Å². The van der Waals surface area contributed by atoms with Crippen LogP contribution in [0.25, 0.3) is 11.0 Å². The second-order valence-corrected chi connectivity index (χ2v) is 10.5. The molecule has 0 saturated heterocycles. The Bertz CT molecular complexity index is 1180. The lowest BCUT2D eigenvalue weighted by molar-refractivity contribution is 0.0526. The van der Waals surface area contributed by atoms with Gasteiger partial charge in [-0.2, -0.15) is 0 Å². The van der Waals surface area contributed by atoms with Crippen LogP contribution in [0.2, 0.25) is 0 Å². The standard InChI is InChI=1S/C29H39N5O2/c1-5-19-34-24-15-7-6-14-23(24)32-26(34)21-33(20-9-8-17-31-28(35)36-29(2,3)4)25-16-10-12-22-13-11-18-30-27(22)25/h5-7,11,13-15,18,25H,1,8-10,12,16-17,19-21H2,2-4H3,(H,31,35). The van der Waals surface area contributed by atoms with Crippen molar-refractivity contribution in [2.24, 2.45) is 0 Å². The molecule has 2 heterocycles. The zero-order valence-corrected chi connectivity index (χ0v) is 21.9. The Labute approximate surface area is 214 Å². The molecule has 0 saturated carbocycles. The van der Waals surface area contributed by atoms with Gasteiger partial charge in [-0.05, 0) is 83.2 Å². The number of allylic oxidation sites excluding steroid dienone is 1. The Morgan fingerprint density at radius 2 is 2.08 bits per heavy atom. The van der Waals surface area contributed by atoms with Crippen LogP contribution in [0, 0.1) is 0 Å². The molecule has 0 bridgehead atoms. The molecule has 36 heavy (non-hydrogen) atoms. The molecule has 7 heteroatoms. The highest BCUT2D eigenvalue weighted by atomic mass is 16.6. The minimum Gasteiger partial charge on any atom is -0.444 e. The van der Waals surface area contributed by atoms with E-state index in [1.54, 1.807) is 0 Å². The first-order valence-electron chi connectivity index (χ1n) is 13.1. The van der Waals surface area contributed by atoms with Crippen LogP contribution in [0.1, 0.15) is 69.6 Å². The number of pyridine rings is 1. The highest BCUT2D eigenvalue weighted by Crippen LogP contribution is 2.34. The van der Waals surface area contributed by atoms with Crippen LogP contribution < -0.4 is 5.32 Å². The minimum absolute atomic E-state index is 0.255. The van der Waals surface area contributed by atoms with Gasteiger partial charge in [0.1, 0.15) is 11.4 Å². The van der Waals surface area contributed by atoms with Crippen LogP contribution in [0.3, 0.4) is 0 Å². The number of aromatic nitrogens is 3. The van der Waals surface area contributed by atoms with Gasteiger partial charge in [0.2, 0.25) is 0 Å². The molecule has 1 amide bonds. The van der Waals surface area contributed by atoms with Crippen LogP contribution in [0.4, 0.5) is 4.79 Å². The number of ether oxygens (including phenoxy) is 1. The van der Waals surface area contributed by atoms with Crippen molar-refractivity contribution in [3.05, 3.63) is 72.3 Å². The van der Waals surface area contributed by atoms with Gasteiger partial charge in [0.25, 0.3) is 0 Å². The largest absolute Gasteiger partial charge is 0.444 e. The lowest BCUT2D eigenvalue weighted by atomic mass is 9.90. The van der Waals surface area contributed by atoms with Crippen LogP contribution in [0.15, 0.2) is 55.3 Å². The molecule has 4 rings (SSSR count). The molecular weight excluding hydrogens is 450 g/mol. The number of benzene rings is 1. The van der Waals surface area contributed by atoms with Gasteiger partial charge < -0.3 is 14.6 Å². The predicted molar refractivity (Wildman–Crippen MR) is 144 cm³/mol. The Hall–Kier alpha value is -3.19. The molecule has 192 valence electrons. The van der Waals surface area contributed by atoms with Crippen molar-refractivity contribution in [1.82, 2.24) is 24.8 Å². The summed E-state index contributed by atoms with van der Waals surface area (Å²) in [5.74, 6) is 1.05. The lowest BCUT2D eigenvalue weighted by Crippen LogP contribution is -2.35. The van der Waals surface area contributed by atoms with E-state index < -0.39 is 5.60 Å². The Morgan fingerprint density at radius 3 is 2.89 bits per heavy atom. The normalized spacial score (nSPS) is 15.6. The number of rotatable bonds is 10. The van der Waals surface area contributed by atoms with E-state index in [2.05, 4.69) is 45.6 Å². The maximum atomic E-state index is 12.0. The molecule has 1 atom stereocenters. The van der Waals surface area contributed by atoms with E-state index in [1.165, 1.54) is 11.3 Å². The number of imidazole rings is 1. The van der Waals surface area contributed by atoms with Gasteiger partial charge in [-0.15, -0.1) is 6.58 Å². The third-order valence-corrected chi connectivity index (χ3v) is 6.54. The third kappa shape index (κ3) is 6.52. The summed E-state index contributed by atoms with van der Waals surface area (Å²) in [5, 5.41) is 2.88. The number of hydrogen-bond acceptors (Lipinski definition) is 5. The first kappa shape index (κ1) is 25.9. The van der Waals surface area contributed by atoms with E-state index in [1.807, 2.05) is 45.2 Å². The molecule has 0 radical (unpaired) electrons. The molecular formula is C29H39N5O2. The number of para-hydroxylation sites is 2. The molecule has 7 nitrogen and oxygen atoms in total. The number of alkyl carbamates (subject to hydrolysis) is 1. The second kappa shape index (κ2) is 11.7. The maximum absolute atomic E-state index is 12.0. The molecule has 0 aliphatic heterocycles. The fourth-order valence-corrected chi connectivity index (χ4v) is 4.99. The molecule has 2 aromatic heterocycles. The summed E-state index contributed by atoms with van der Waals surface area (Å²) < 4.78 is 7.62. The van der Waals surface area contributed by atoms with Gasteiger partial charge in [0.15, 0.2) is 0 Å². The van der Waals surface area contributed by atoms with Crippen molar-refractivity contribution >= 4 is 17.1 Å². The lowest BCUT2D eigenvalue weighted by Gasteiger charge is -2.35. The first-order chi connectivity index (χ1) is 17.4. The zero-order valence-electron chi connectivity index (χ0n) is 21.9. The summed E-state index contributed by atoms with van der Waals surface area (Å²) in [5.41, 5.74) is 4.21. The summed E-state index contributed by atoms with van der Waals surface area (Å²) in [6, 6.07) is 12.8. The monoisotopic (exact) mass is 489 g/mol. The van der Waals surface area contributed by atoms with Gasteiger partial charge in [-0.25, -0.2) is 9.78 Å². The van der Waals surface area contributed by atoms with Gasteiger partial charge in [-0.3, -0.25) is 9.88 Å². The fraction of sp³-hybridized carbons (Fsp3) is 0.483. The SMILES string of the molecule is C=CCn1c(CN(CCCCNC(=O)OC(C)(C)C)C2CCCc3cccnc32)nc2ccccc21. The smallest absolute Gasteiger partial charge is 0.407 e. The Morgan fingerprint density at radius 1 is 1.25 bits per heavy atom. The van der Waals surface area contributed by atoms with E-state index in [0.717, 1.165) is 68.6 Å². The summed E-state index contributed by atoms with van der Waals surface area (Å²) in [6.45, 7) is 12.6. The Kier molecular flexibility index (Phi) is 8.41. The van der Waals surface area contributed by atoms with E-state index in [9.17, 15) is 4.79 Å². The molecule has 1 aliphatic rings. The maximum Gasteiger partial charge on any atom is 0.407 e. The molecule has 1 aromatic carbocycles. The molecule has 1 unspecified atom stereocenters. The quantitative estimate of drug-likeness (QED) is 0.288. The summed E-state index contributed by atoms with van der Waals surface area (Å²) in [7, 11) is 0. The van der Waals surface area contributed by atoms with Crippen molar-refractivity contribution < 1.29 is 9.53 Å². The van der Waals surface area contributed by atoms with Crippen molar-refractivity contribution in [2.75, 3.05) is 13.1 Å². The van der Waals surface area contributed by atoms with Crippen LogP contribution >= 0.6 is 0 Å². The van der Waals surface area contributed by atoms with Crippen molar-refractivity contribution in [1.29, 1.82) is 0 Å².